The Morgan fingerprint density at radius 1 is 1.35 bits per heavy atom. The Morgan fingerprint density at radius 3 is 2.57 bits per heavy atom. The average Bonchev–Trinajstić information content (AvgIpc) is 3.01. The first-order chi connectivity index (χ1) is 11.0. The van der Waals surface area contributed by atoms with E-state index in [0.29, 0.717) is 12.6 Å². The van der Waals surface area contributed by atoms with Crippen LogP contribution in [-0.4, -0.2) is 63.5 Å². The summed E-state index contributed by atoms with van der Waals surface area (Å²) in [4.78, 5) is 15.9. The predicted octanol–water partition coefficient (Wildman–Crippen LogP) is 0.618. The van der Waals surface area contributed by atoms with Crippen molar-refractivity contribution in [3.63, 3.8) is 0 Å². The van der Waals surface area contributed by atoms with E-state index in [2.05, 4.69) is 4.98 Å². The Labute approximate surface area is 137 Å². The quantitative estimate of drug-likeness (QED) is 0.464. The van der Waals surface area contributed by atoms with Gasteiger partial charge in [0.05, 0.1) is 6.54 Å². The molecule has 0 aromatic carbocycles. The van der Waals surface area contributed by atoms with Crippen LogP contribution in [0.2, 0.25) is 6.04 Å². The average molecular weight is 346 g/mol. The van der Waals surface area contributed by atoms with E-state index in [1.54, 1.807) is 12.4 Å². The minimum atomic E-state index is -2.78. The molecule has 1 rings (SSSR count). The predicted molar refractivity (Wildman–Crippen MR) is 84.8 cm³/mol. The summed E-state index contributed by atoms with van der Waals surface area (Å²) >= 11 is 0. The molecule has 0 bridgehead atoms. The molecule has 0 radical (unpaired) electrons. The second-order valence-corrected chi connectivity index (χ2v) is 8.07. The SMILES string of the molecule is CCc1nccn1CC(O)COC(=O)CC[Si](OC)(OC)OC. The molecule has 1 aromatic rings. The van der Waals surface area contributed by atoms with Gasteiger partial charge in [-0.05, 0) is 0 Å². The number of nitrogens with zero attached hydrogens (tertiary/aromatic N) is 2. The molecule has 0 aliphatic carbocycles. The summed E-state index contributed by atoms with van der Waals surface area (Å²) in [6.45, 7) is 2.26. The first-order valence-electron chi connectivity index (χ1n) is 7.49. The van der Waals surface area contributed by atoms with Crippen LogP contribution in [0.3, 0.4) is 0 Å². The second kappa shape index (κ2) is 9.78. The van der Waals surface area contributed by atoms with Gasteiger partial charge < -0.3 is 27.7 Å². The molecular formula is C14H26N2O6Si. The smallest absolute Gasteiger partial charge is 0.463 e. The first-order valence-corrected chi connectivity index (χ1v) is 9.42. The summed E-state index contributed by atoms with van der Waals surface area (Å²) in [5, 5.41) is 9.97. The van der Waals surface area contributed by atoms with Crippen LogP contribution >= 0.6 is 0 Å². The normalized spacial score (nSPS) is 13.1. The lowest BCUT2D eigenvalue weighted by Gasteiger charge is -2.23. The Hall–Kier alpha value is -1.26. The lowest BCUT2D eigenvalue weighted by Crippen LogP contribution is -2.43. The first kappa shape index (κ1) is 19.8. The van der Waals surface area contributed by atoms with Crippen LogP contribution in [0.15, 0.2) is 12.4 Å². The number of hydrogen-bond donors (Lipinski definition) is 1. The third-order valence-electron chi connectivity index (χ3n) is 3.53. The number of aryl methyl sites for hydroxylation is 1. The van der Waals surface area contributed by atoms with E-state index in [9.17, 15) is 9.90 Å². The molecule has 23 heavy (non-hydrogen) atoms. The van der Waals surface area contributed by atoms with Gasteiger partial charge in [-0.25, -0.2) is 4.98 Å². The molecule has 132 valence electrons. The lowest BCUT2D eigenvalue weighted by atomic mass is 10.3. The lowest BCUT2D eigenvalue weighted by molar-refractivity contribution is -0.146. The topological polar surface area (TPSA) is 92.0 Å². The highest BCUT2D eigenvalue weighted by molar-refractivity contribution is 6.60. The van der Waals surface area contributed by atoms with Crippen molar-refractivity contribution in [2.75, 3.05) is 27.9 Å². The Kier molecular flexibility index (Phi) is 8.41. The second-order valence-electron chi connectivity index (χ2n) is 4.98. The fourth-order valence-electron chi connectivity index (χ4n) is 2.17. The van der Waals surface area contributed by atoms with Crippen LogP contribution in [0.5, 0.6) is 0 Å². The summed E-state index contributed by atoms with van der Waals surface area (Å²) in [6.07, 6.45) is 3.58. The largest absolute Gasteiger partial charge is 0.500 e. The number of aromatic nitrogens is 2. The van der Waals surface area contributed by atoms with Crippen molar-refractivity contribution in [2.45, 2.75) is 38.5 Å². The highest BCUT2D eigenvalue weighted by Gasteiger charge is 2.38. The number of esters is 1. The molecule has 0 aliphatic heterocycles. The van der Waals surface area contributed by atoms with Gasteiger partial charge in [-0.1, -0.05) is 6.92 Å². The van der Waals surface area contributed by atoms with Gasteiger partial charge in [-0.3, -0.25) is 4.79 Å². The Morgan fingerprint density at radius 2 is 2.00 bits per heavy atom. The number of carbonyl (C=O) groups is 1. The maximum atomic E-state index is 11.8. The van der Waals surface area contributed by atoms with E-state index in [1.807, 2.05) is 11.5 Å². The third kappa shape index (κ3) is 6.03. The number of aliphatic hydroxyl groups excluding tert-OH is 1. The van der Waals surface area contributed by atoms with Crippen LogP contribution in [0, 0.1) is 0 Å². The molecule has 9 heteroatoms. The molecular weight excluding hydrogens is 320 g/mol. The number of ether oxygens (including phenoxy) is 1. The van der Waals surface area contributed by atoms with E-state index in [0.717, 1.165) is 12.2 Å². The Balaban J connectivity index is 2.35. The van der Waals surface area contributed by atoms with E-state index >= 15 is 0 Å². The molecule has 1 atom stereocenters. The molecule has 0 aliphatic rings. The van der Waals surface area contributed by atoms with E-state index in [4.69, 9.17) is 18.0 Å². The zero-order valence-electron chi connectivity index (χ0n) is 14.2. The van der Waals surface area contributed by atoms with Crippen molar-refractivity contribution < 1.29 is 27.9 Å². The Bertz CT molecular complexity index is 469. The van der Waals surface area contributed by atoms with Crippen LogP contribution in [0.1, 0.15) is 19.2 Å². The monoisotopic (exact) mass is 346 g/mol. The van der Waals surface area contributed by atoms with Crippen LogP contribution in [0.25, 0.3) is 0 Å². The van der Waals surface area contributed by atoms with Crippen molar-refractivity contribution in [3.05, 3.63) is 18.2 Å². The fraction of sp³-hybridized carbons (Fsp3) is 0.714. The van der Waals surface area contributed by atoms with Gasteiger partial charge in [-0.2, -0.15) is 0 Å². The van der Waals surface area contributed by atoms with Crippen LogP contribution in [-0.2, 0) is 35.8 Å². The minimum absolute atomic E-state index is 0.0678. The van der Waals surface area contributed by atoms with Gasteiger partial charge in [0.15, 0.2) is 0 Å². The zero-order chi connectivity index (χ0) is 17.3. The summed E-state index contributed by atoms with van der Waals surface area (Å²) in [6, 6.07) is 0.326. The molecule has 8 nitrogen and oxygen atoms in total. The van der Waals surface area contributed by atoms with Gasteiger partial charge in [-0.15, -0.1) is 0 Å². The molecule has 1 aromatic heterocycles. The van der Waals surface area contributed by atoms with Crippen molar-refractivity contribution in [1.82, 2.24) is 9.55 Å². The van der Waals surface area contributed by atoms with Gasteiger partial charge >= 0.3 is 14.8 Å². The van der Waals surface area contributed by atoms with E-state index in [1.165, 1.54) is 21.3 Å². The van der Waals surface area contributed by atoms with Gasteiger partial charge in [0, 0.05) is 52.6 Å². The maximum absolute atomic E-state index is 11.8. The van der Waals surface area contributed by atoms with E-state index in [-0.39, 0.29) is 13.0 Å². The molecule has 1 unspecified atom stereocenters. The summed E-state index contributed by atoms with van der Waals surface area (Å²) < 4.78 is 22.6. The summed E-state index contributed by atoms with van der Waals surface area (Å²) in [5.74, 6) is 0.458. The highest BCUT2D eigenvalue weighted by Crippen LogP contribution is 2.15. The van der Waals surface area contributed by atoms with Crippen molar-refractivity contribution in [1.29, 1.82) is 0 Å². The maximum Gasteiger partial charge on any atom is 0.500 e. The zero-order valence-corrected chi connectivity index (χ0v) is 15.2. The van der Waals surface area contributed by atoms with Crippen LogP contribution < -0.4 is 0 Å². The molecule has 0 saturated carbocycles. The van der Waals surface area contributed by atoms with Crippen molar-refractivity contribution in [3.8, 4) is 0 Å². The van der Waals surface area contributed by atoms with E-state index < -0.39 is 20.9 Å². The number of aliphatic hydroxyl groups is 1. The molecule has 0 saturated heterocycles. The van der Waals surface area contributed by atoms with Gasteiger partial charge in [0.2, 0.25) is 0 Å². The third-order valence-corrected chi connectivity index (χ3v) is 6.26. The van der Waals surface area contributed by atoms with Gasteiger partial charge in [0.1, 0.15) is 18.5 Å². The fourth-order valence-corrected chi connectivity index (χ4v) is 3.80. The standard InChI is InChI=1S/C14H26N2O6Si/c1-5-13-15-7-8-16(13)10-12(17)11-22-14(18)6-9-23(19-2,20-3)21-4/h7-8,12,17H,5-6,9-11H2,1-4H3. The number of imidazole rings is 1. The molecule has 1 N–H and O–H groups in total. The molecule has 0 amide bonds. The van der Waals surface area contributed by atoms with Crippen molar-refractivity contribution >= 4 is 14.8 Å². The minimum Gasteiger partial charge on any atom is -0.463 e. The molecule has 1 heterocycles. The highest BCUT2D eigenvalue weighted by atomic mass is 28.4. The number of hydrogen-bond acceptors (Lipinski definition) is 7. The van der Waals surface area contributed by atoms with Crippen molar-refractivity contribution in [2.24, 2.45) is 0 Å². The number of carbonyl (C=O) groups excluding carboxylic acids is 1. The molecule has 0 spiro atoms. The number of rotatable bonds is 11. The summed E-state index contributed by atoms with van der Waals surface area (Å²) in [7, 11) is 1.70. The molecule has 0 fully saturated rings. The van der Waals surface area contributed by atoms with Gasteiger partial charge in [0.25, 0.3) is 0 Å². The summed E-state index contributed by atoms with van der Waals surface area (Å²) in [5.41, 5.74) is 0. The van der Waals surface area contributed by atoms with Crippen LogP contribution in [0.4, 0.5) is 0 Å².